The Morgan fingerprint density at radius 3 is 2.39 bits per heavy atom. The van der Waals surface area contributed by atoms with E-state index in [1.807, 2.05) is 0 Å². The third-order valence-corrected chi connectivity index (χ3v) is 8.40. The first kappa shape index (κ1) is 24.5. The molecule has 3 aliphatic carbocycles. The van der Waals surface area contributed by atoms with Crippen molar-refractivity contribution in [2.45, 2.75) is 44.1 Å². The molecule has 5 rings (SSSR count). The van der Waals surface area contributed by atoms with Crippen LogP contribution in [-0.2, 0) is 25.6 Å². The molecule has 1 amide bonds. The van der Waals surface area contributed by atoms with Crippen molar-refractivity contribution in [1.82, 2.24) is 4.90 Å². The van der Waals surface area contributed by atoms with Crippen molar-refractivity contribution < 1.29 is 39.0 Å². The molecule has 10 nitrogen and oxygen atoms in total. The average Bonchev–Trinajstić information content (AvgIpc) is 2.82. The SMILES string of the molecule is NC(=O)C1C(=O)C[C@@H]2C[C@@H]3Cc4c(C(=O)CN5CCCCC5)ccc(O)c4C(=O)C3C(=O)[C@]2(O)C1=O. The minimum atomic E-state index is -2.68. The molecule has 2 unspecified atom stereocenters. The van der Waals surface area contributed by atoms with Crippen LogP contribution in [0.5, 0.6) is 5.75 Å². The molecule has 3 fully saturated rings. The Morgan fingerprint density at radius 2 is 1.72 bits per heavy atom. The van der Waals surface area contributed by atoms with Crippen LogP contribution < -0.4 is 5.73 Å². The van der Waals surface area contributed by atoms with E-state index < -0.39 is 64.7 Å². The monoisotopic (exact) mass is 496 g/mol. The van der Waals surface area contributed by atoms with Crippen LogP contribution in [0.2, 0.25) is 0 Å². The van der Waals surface area contributed by atoms with Gasteiger partial charge in [-0.05, 0) is 62.4 Å². The van der Waals surface area contributed by atoms with E-state index in [2.05, 4.69) is 4.90 Å². The molecule has 1 aliphatic heterocycles. The molecule has 1 aromatic rings. The maximum absolute atomic E-state index is 13.6. The molecule has 10 heteroatoms. The maximum Gasteiger partial charge on any atom is 0.235 e. The normalized spacial score (nSPS) is 32.5. The van der Waals surface area contributed by atoms with Gasteiger partial charge >= 0.3 is 0 Å². The quantitative estimate of drug-likeness (QED) is 0.383. The standard InChI is InChI=1S/C26H28N2O8/c27-25(35)21-17(30)10-13-8-12-9-15-14(18(31)11-28-6-2-1-3-7-28)4-5-16(29)20(15)22(32)19(12)23(33)26(13,36)24(21)34/h4-5,12-13,19,21,29,36H,1-3,6-11H2,(H2,27,35)/t12-,13+,19?,21?,26+/m1/s1. The van der Waals surface area contributed by atoms with Crippen LogP contribution >= 0.6 is 0 Å². The van der Waals surface area contributed by atoms with E-state index in [9.17, 15) is 39.0 Å². The fourth-order valence-electron chi connectivity index (χ4n) is 6.63. The van der Waals surface area contributed by atoms with Crippen LogP contribution in [0.15, 0.2) is 12.1 Å². The summed E-state index contributed by atoms with van der Waals surface area (Å²) in [5.74, 6) is -10.9. The lowest BCUT2D eigenvalue weighted by atomic mass is 9.53. The summed E-state index contributed by atoms with van der Waals surface area (Å²) in [4.78, 5) is 79.5. The van der Waals surface area contributed by atoms with E-state index in [0.29, 0.717) is 11.1 Å². The first-order valence-corrected chi connectivity index (χ1v) is 12.3. The Labute approximate surface area is 206 Å². The molecular formula is C26H28N2O8. The lowest BCUT2D eigenvalue weighted by Crippen LogP contribution is -2.68. The number of amides is 1. The lowest BCUT2D eigenvalue weighted by Gasteiger charge is -2.48. The molecule has 0 radical (unpaired) electrons. The topological polar surface area (TPSA) is 172 Å². The number of hydrogen-bond acceptors (Lipinski definition) is 9. The zero-order valence-electron chi connectivity index (χ0n) is 19.7. The van der Waals surface area contributed by atoms with Gasteiger partial charge in [-0.15, -0.1) is 0 Å². The summed E-state index contributed by atoms with van der Waals surface area (Å²) in [6, 6.07) is 2.74. The van der Waals surface area contributed by atoms with Gasteiger partial charge in [-0.25, -0.2) is 0 Å². The molecule has 0 spiro atoms. The molecule has 2 saturated carbocycles. The van der Waals surface area contributed by atoms with Crippen molar-refractivity contribution in [3.05, 3.63) is 28.8 Å². The number of carbonyl (C=O) groups is 6. The number of primary amides is 1. The zero-order chi connectivity index (χ0) is 25.9. The summed E-state index contributed by atoms with van der Waals surface area (Å²) in [5.41, 5.74) is 3.01. The van der Waals surface area contributed by atoms with Crippen molar-refractivity contribution in [2.24, 2.45) is 29.4 Å². The van der Waals surface area contributed by atoms with E-state index in [0.717, 1.165) is 32.4 Å². The van der Waals surface area contributed by atoms with Crippen molar-refractivity contribution in [2.75, 3.05) is 19.6 Å². The first-order valence-electron chi connectivity index (χ1n) is 12.3. The van der Waals surface area contributed by atoms with Crippen molar-refractivity contribution >= 4 is 34.8 Å². The predicted octanol–water partition coefficient (Wildman–Crippen LogP) is -0.00450. The molecule has 190 valence electrons. The Hall–Kier alpha value is -3.24. The highest BCUT2D eigenvalue weighted by Crippen LogP contribution is 2.50. The van der Waals surface area contributed by atoms with Crippen LogP contribution in [0.4, 0.5) is 0 Å². The van der Waals surface area contributed by atoms with E-state index in [-0.39, 0.29) is 36.5 Å². The van der Waals surface area contributed by atoms with Gasteiger partial charge in [0.1, 0.15) is 5.75 Å². The number of nitrogens with two attached hydrogens (primary N) is 1. The van der Waals surface area contributed by atoms with Crippen LogP contribution in [0.25, 0.3) is 0 Å². The van der Waals surface area contributed by atoms with Gasteiger partial charge in [-0.1, -0.05) is 6.42 Å². The molecule has 5 atom stereocenters. The van der Waals surface area contributed by atoms with Gasteiger partial charge in [0, 0.05) is 17.9 Å². The van der Waals surface area contributed by atoms with E-state index in [1.165, 1.54) is 12.1 Å². The summed E-state index contributed by atoms with van der Waals surface area (Å²) >= 11 is 0. The van der Waals surface area contributed by atoms with Gasteiger partial charge in [0.2, 0.25) is 5.91 Å². The van der Waals surface area contributed by atoms with Crippen molar-refractivity contribution in [3.8, 4) is 5.75 Å². The van der Waals surface area contributed by atoms with E-state index >= 15 is 0 Å². The van der Waals surface area contributed by atoms with E-state index in [4.69, 9.17) is 5.73 Å². The highest BCUT2D eigenvalue weighted by atomic mass is 16.3. The maximum atomic E-state index is 13.6. The number of phenols is 1. The molecular weight excluding hydrogens is 468 g/mol. The molecule has 36 heavy (non-hydrogen) atoms. The van der Waals surface area contributed by atoms with Crippen molar-refractivity contribution in [3.63, 3.8) is 0 Å². The number of fused-ring (bicyclic) bond motifs is 3. The number of aliphatic hydroxyl groups is 1. The summed E-state index contributed by atoms with van der Waals surface area (Å²) in [6.45, 7) is 1.79. The minimum absolute atomic E-state index is 0.00351. The van der Waals surface area contributed by atoms with Gasteiger partial charge in [0.25, 0.3) is 0 Å². The molecule has 0 bridgehead atoms. The smallest absolute Gasteiger partial charge is 0.235 e. The van der Waals surface area contributed by atoms with Gasteiger partial charge < -0.3 is 15.9 Å². The number of aromatic hydroxyl groups is 1. The zero-order valence-corrected chi connectivity index (χ0v) is 19.7. The van der Waals surface area contributed by atoms with Crippen LogP contribution in [0, 0.1) is 23.7 Å². The number of ketones is 5. The number of rotatable bonds is 4. The van der Waals surface area contributed by atoms with E-state index in [1.54, 1.807) is 0 Å². The number of Topliss-reactive ketones (excluding diaryl/α,β-unsaturated/α-hetero) is 5. The third-order valence-electron chi connectivity index (χ3n) is 8.40. The van der Waals surface area contributed by atoms with Gasteiger partial charge in [-0.3, -0.25) is 33.7 Å². The predicted molar refractivity (Wildman–Crippen MR) is 123 cm³/mol. The second-order valence-electron chi connectivity index (χ2n) is 10.5. The van der Waals surface area contributed by atoms with Gasteiger partial charge in [0.05, 0.1) is 18.0 Å². The summed E-state index contributed by atoms with van der Waals surface area (Å²) in [6.07, 6.45) is 2.82. The van der Waals surface area contributed by atoms with Crippen LogP contribution in [0.3, 0.4) is 0 Å². The first-order chi connectivity index (χ1) is 17.1. The number of nitrogens with zero attached hydrogens (tertiary/aromatic N) is 1. The molecule has 0 aromatic heterocycles. The summed E-state index contributed by atoms with van der Waals surface area (Å²) in [7, 11) is 0. The number of piperidine rings is 1. The summed E-state index contributed by atoms with van der Waals surface area (Å²) < 4.78 is 0. The minimum Gasteiger partial charge on any atom is -0.507 e. The number of likely N-dealkylation sites (tertiary alicyclic amines) is 1. The molecule has 4 N–H and O–H groups in total. The highest BCUT2D eigenvalue weighted by molar-refractivity contribution is 6.31. The lowest BCUT2D eigenvalue weighted by molar-refractivity contribution is -0.175. The Morgan fingerprint density at radius 1 is 1.03 bits per heavy atom. The Balaban J connectivity index is 1.51. The fraction of sp³-hybridized carbons (Fsp3) is 0.538. The number of carbonyl (C=O) groups excluding carboxylic acids is 6. The largest absolute Gasteiger partial charge is 0.507 e. The number of phenolic OH excluding ortho intramolecular Hbond substituents is 1. The highest BCUT2D eigenvalue weighted by Gasteiger charge is 2.66. The van der Waals surface area contributed by atoms with Crippen LogP contribution in [0.1, 0.15) is 58.4 Å². The Kier molecular flexibility index (Phi) is 5.91. The van der Waals surface area contributed by atoms with Crippen molar-refractivity contribution in [1.29, 1.82) is 0 Å². The molecule has 1 aromatic carbocycles. The average molecular weight is 497 g/mol. The molecule has 4 aliphatic rings. The fourth-order valence-corrected chi connectivity index (χ4v) is 6.63. The van der Waals surface area contributed by atoms with Crippen LogP contribution in [-0.4, -0.2) is 75.2 Å². The molecule has 1 heterocycles. The third kappa shape index (κ3) is 3.54. The summed E-state index contributed by atoms with van der Waals surface area (Å²) in [5, 5.41) is 21.8. The van der Waals surface area contributed by atoms with Gasteiger partial charge in [-0.2, -0.15) is 0 Å². The second-order valence-corrected chi connectivity index (χ2v) is 10.5. The second kappa shape index (κ2) is 8.70. The number of benzene rings is 1. The van der Waals surface area contributed by atoms with Gasteiger partial charge in [0.15, 0.2) is 40.4 Å². The number of hydrogen-bond donors (Lipinski definition) is 3. The molecule has 1 saturated heterocycles. The Bertz CT molecular complexity index is 1220.